The van der Waals surface area contributed by atoms with Gasteiger partial charge in [-0.05, 0) is 81.1 Å². The van der Waals surface area contributed by atoms with Gasteiger partial charge in [-0.2, -0.15) is 10.2 Å². The van der Waals surface area contributed by atoms with Crippen molar-refractivity contribution in [3.63, 3.8) is 0 Å². The molecule has 2 amide bonds. The highest BCUT2D eigenvalue weighted by atomic mass is 79.9. The third-order valence-corrected chi connectivity index (χ3v) is 4.82. The average Bonchev–Trinajstić information content (AvgIpc) is 3.38. The van der Waals surface area contributed by atoms with Crippen LogP contribution in [0.15, 0.2) is 76.9 Å². The number of amides is 2. The third kappa shape index (κ3) is 5.55. The lowest BCUT2D eigenvalue weighted by Crippen LogP contribution is -2.19. The number of benzene rings is 1. The van der Waals surface area contributed by atoms with Crippen LogP contribution in [-0.4, -0.2) is 23.2 Å². The highest BCUT2D eigenvalue weighted by molar-refractivity contribution is 9.10. The molecule has 0 unspecified atom stereocenters. The van der Waals surface area contributed by atoms with Crippen LogP contribution >= 0.6 is 31.9 Å². The van der Waals surface area contributed by atoms with E-state index in [-0.39, 0.29) is 11.5 Å². The molecule has 0 spiro atoms. The topological polar surface area (TPSA) is 109 Å². The van der Waals surface area contributed by atoms with E-state index in [0.717, 1.165) is 11.1 Å². The summed E-state index contributed by atoms with van der Waals surface area (Å²) in [6.45, 7) is 3.55. The zero-order valence-electron chi connectivity index (χ0n) is 15.9. The molecule has 2 aromatic heterocycles. The zero-order chi connectivity index (χ0) is 21.7. The van der Waals surface area contributed by atoms with Crippen molar-refractivity contribution in [1.29, 1.82) is 0 Å². The Morgan fingerprint density at radius 3 is 1.37 bits per heavy atom. The molecule has 2 heterocycles. The van der Waals surface area contributed by atoms with Crippen LogP contribution in [0.5, 0.6) is 0 Å². The van der Waals surface area contributed by atoms with Gasteiger partial charge in [0.15, 0.2) is 20.9 Å². The predicted octanol–water partition coefficient (Wildman–Crippen LogP) is 4.71. The van der Waals surface area contributed by atoms with Crippen molar-refractivity contribution < 1.29 is 18.4 Å². The zero-order valence-corrected chi connectivity index (χ0v) is 19.1. The van der Waals surface area contributed by atoms with Crippen molar-refractivity contribution in [2.45, 2.75) is 13.8 Å². The van der Waals surface area contributed by atoms with Crippen LogP contribution in [0.25, 0.3) is 0 Å². The van der Waals surface area contributed by atoms with Gasteiger partial charge in [-0.25, -0.2) is 10.9 Å². The number of hydrogen-bond acceptors (Lipinski definition) is 6. The van der Waals surface area contributed by atoms with Crippen molar-refractivity contribution in [3.8, 4) is 0 Å². The van der Waals surface area contributed by atoms with Gasteiger partial charge in [0, 0.05) is 0 Å². The lowest BCUT2D eigenvalue weighted by Gasteiger charge is -2.05. The molecule has 8 nitrogen and oxygen atoms in total. The van der Waals surface area contributed by atoms with E-state index in [4.69, 9.17) is 8.83 Å². The summed E-state index contributed by atoms with van der Waals surface area (Å²) >= 11 is 6.29. The molecule has 0 aliphatic heterocycles. The number of furan rings is 2. The van der Waals surface area contributed by atoms with Crippen molar-refractivity contribution >= 4 is 55.1 Å². The molecule has 0 fully saturated rings. The third-order valence-electron chi connectivity index (χ3n) is 3.96. The van der Waals surface area contributed by atoms with E-state index < -0.39 is 11.8 Å². The monoisotopic (exact) mass is 534 g/mol. The summed E-state index contributed by atoms with van der Waals surface area (Å²) in [4.78, 5) is 24.0. The van der Waals surface area contributed by atoms with Gasteiger partial charge in [0.1, 0.15) is 0 Å². The van der Waals surface area contributed by atoms with Crippen LogP contribution in [0.2, 0.25) is 0 Å². The molecule has 154 valence electrons. The van der Waals surface area contributed by atoms with E-state index in [1.807, 2.05) is 24.3 Å². The Hall–Kier alpha value is -2.98. The normalized spacial score (nSPS) is 12.0. The number of carbonyl (C=O) groups is 2. The summed E-state index contributed by atoms with van der Waals surface area (Å²) in [5.74, 6) is -0.577. The van der Waals surface area contributed by atoms with Crippen LogP contribution in [0.1, 0.15) is 46.1 Å². The molecule has 0 aliphatic carbocycles. The number of halogens is 2. The molecule has 0 bridgehead atoms. The van der Waals surface area contributed by atoms with Crippen molar-refractivity contribution in [1.82, 2.24) is 10.9 Å². The minimum atomic E-state index is -0.445. The Bertz CT molecular complexity index is 1040. The SMILES string of the molecule is C/C(=N\NC(=O)c1ccc(Br)o1)c1ccc(/C(C)=N/NC(=O)c2ccc(Br)o2)cc1. The van der Waals surface area contributed by atoms with E-state index in [2.05, 4.69) is 52.9 Å². The van der Waals surface area contributed by atoms with E-state index >= 15 is 0 Å². The van der Waals surface area contributed by atoms with Crippen molar-refractivity contribution in [3.05, 3.63) is 80.5 Å². The Balaban J connectivity index is 1.61. The fraction of sp³-hybridized carbons (Fsp3) is 0.100. The van der Waals surface area contributed by atoms with Gasteiger partial charge in [0.05, 0.1) is 11.4 Å². The van der Waals surface area contributed by atoms with Crippen LogP contribution in [0, 0.1) is 0 Å². The number of nitrogens with one attached hydrogen (secondary N) is 2. The molecule has 0 radical (unpaired) electrons. The summed E-state index contributed by atoms with van der Waals surface area (Å²) < 4.78 is 11.3. The second-order valence-electron chi connectivity index (χ2n) is 6.06. The largest absolute Gasteiger partial charge is 0.444 e. The van der Waals surface area contributed by atoms with Crippen LogP contribution in [0.3, 0.4) is 0 Å². The van der Waals surface area contributed by atoms with Crippen LogP contribution < -0.4 is 10.9 Å². The van der Waals surface area contributed by atoms with E-state index in [9.17, 15) is 9.59 Å². The number of hydrogen-bond donors (Lipinski definition) is 2. The average molecular weight is 536 g/mol. The van der Waals surface area contributed by atoms with Gasteiger partial charge in [0.25, 0.3) is 0 Å². The number of hydrazone groups is 2. The maximum Gasteiger partial charge on any atom is 0.307 e. The van der Waals surface area contributed by atoms with Gasteiger partial charge in [0.2, 0.25) is 0 Å². The number of carbonyl (C=O) groups excluding carboxylic acids is 2. The molecule has 10 heteroatoms. The molecule has 0 aliphatic rings. The minimum Gasteiger partial charge on any atom is -0.444 e. The van der Waals surface area contributed by atoms with Gasteiger partial charge < -0.3 is 8.83 Å². The summed E-state index contributed by atoms with van der Waals surface area (Å²) in [5, 5.41) is 8.18. The van der Waals surface area contributed by atoms with E-state index in [1.54, 1.807) is 38.1 Å². The second-order valence-corrected chi connectivity index (χ2v) is 7.62. The van der Waals surface area contributed by atoms with Gasteiger partial charge >= 0.3 is 11.8 Å². The molecule has 30 heavy (non-hydrogen) atoms. The smallest absolute Gasteiger partial charge is 0.307 e. The Kier molecular flexibility index (Phi) is 7.01. The molecule has 0 atom stereocenters. The van der Waals surface area contributed by atoms with Crippen LogP contribution in [-0.2, 0) is 0 Å². The predicted molar refractivity (Wildman–Crippen MR) is 119 cm³/mol. The fourth-order valence-corrected chi connectivity index (χ4v) is 2.95. The van der Waals surface area contributed by atoms with Crippen molar-refractivity contribution in [2.24, 2.45) is 10.2 Å². The Labute approximate surface area is 188 Å². The van der Waals surface area contributed by atoms with Gasteiger partial charge in [-0.1, -0.05) is 24.3 Å². The van der Waals surface area contributed by atoms with E-state index in [0.29, 0.717) is 20.8 Å². The highest BCUT2D eigenvalue weighted by Gasteiger charge is 2.11. The summed E-state index contributed by atoms with van der Waals surface area (Å²) in [5.41, 5.74) is 7.77. The molecule has 0 saturated carbocycles. The lowest BCUT2D eigenvalue weighted by atomic mass is 10.1. The maximum absolute atomic E-state index is 12.0. The van der Waals surface area contributed by atoms with Gasteiger partial charge in [-0.3, -0.25) is 9.59 Å². The summed E-state index contributed by atoms with van der Waals surface area (Å²) in [6.07, 6.45) is 0. The Morgan fingerprint density at radius 2 is 1.07 bits per heavy atom. The van der Waals surface area contributed by atoms with E-state index in [1.165, 1.54) is 0 Å². The number of rotatable bonds is 6. The first kappa shape index (κ1) is 21.7. The maximum atomic E-state index is 12.0. The molecule has 1 aromatic carbocycles. The quantitative estimate of drug-likeness (QED) is 0.352. The van der Waals surface area contributed by atoms with Crippen LogP contribution in [0.4, 0.5) is 0 Å². The lowest BCUT2D eigenvalue weighted by molar-refractivity contribution is 0.0918. The first-order valence-electron chi connectivity index (χ1n) is 8.64. The fourth-order valence-electron chi connectivity index (χ4n) is 2.33. The van der Waals surface area contributed by atoms with Crippen molar-refractivity contribution in [2.75, 3.05) is 0 Å². The highest BCUT2D eigenvalue weighted by Crippen LogP contribution is 2.15. The molecule has 0 saturated heterocycles. The molecule has 3 aromatic rings. The number of nitrogens with zero attached hydrogens (tertiary/aromatic N) is 2. The Morgan fingerprint density at radius 1 is 0.700 bits per heavy atom. The molecular weight excluding hydrogens is 520 g/mol. The standard InChI is InChI=1S/C20H16Br2N4O4/c1-11(23-25-19(27)15-7-9-17(21)29-15)13-3-5-14(6-4-13)12(2)24-26-20(28)16-8-10-18(22)30-16/h3-10H,1-2H3,(H,25,27)(H,26,28)/b23-11+,24-12+. The summed E-state index contributed by atoms with van der Waals surface area (Å²) in [7, 11) is 0. The molecule has 3 rings (SSSR count). The second kappa shape index (κ2) is 9.68. The molecule has 2 N–H and O–H groups in total. The first-order valence-corrected chi connectivity index (χ1v) is 10.2. The van der Waals surface area contributed by atoms with Gasteiger partial charge in [-0.15, -0.1) is 0 Å². The minimum absolute atomic E-state index is 0.157. The first-order chi connectivity index (χ1) is 14.3. The summed E-state index contributed by atoms with van der Waals surface area (Å²) in [6, 6.07) is 13.7. The molecular formula is C20H16Br2N4O4.